The van der Waals surface area contributed by atoms with Crippen molar-refractivity contribution in [3.63, 3.8) is 0 Å². The molecule has 2 N–H and O–H groups in total. The van der Waals surface area contributed by atoms with Gasteiger partial charge in [-0.2, -0.15) is 0 Å². The molecule has 0 heterocycles. The zero-order chi connectivity index (χ0) is 26.5. The Morgan fingerprint density at radius 3 is 2.08 bits per heavy atom. The Bertz CT molecular complexity index is 1040. The van der Waals surface area contributed by atoms with Crippen molar-refractivity contribution in [3.05, 3.63) is 59.7 Å². The van der Waals surface area contributed by atoms with Crippen LogP contribution in [0.15, 0.2) is 48.5 Å². The first-order chi connectivity index (χ1) is 17.2. The smallest absolute Gasteiger partial charge is 0.338 e. The molecule has 0 aromatic heterocycles. The van der Waals surface area contributed by atoms with Crippen LogP contribution in [0, 0.1) is 0 Å². The fourth-order valence-electron chi connectivity index (χ4n) is 3.10. The van der Waals surface area contributed by atoms with Gasteiger partial charge in [0.15, 0.2) is 11.5 Å². The molecule has 0 saturated carbocycles. The third kappa shape index (κ3) is 9.50. The topological polar surface area (TPSA) is 131 Å². The van der Waals surface area contributed by atoms with Crippen LogP contribution in [0.3, 0.4) is 0 Å². The van der Waals surface area contributed by atoms with Crippen molar-refractivity contribution in [1.29, 1.82) is 0 Å². The van der Waals surface area contributed by atoms with Crippen molar-refractivity contribution in [2.24, 2.45) is 5.73 Å². The molecule has 2 aromatic carbocycles. The lowest BCUT2D eigenvalue weighted by molar-refractivity contribution is -0.148. The summed E-state index contributed by atoms with van der Waals surface area (Å²) in [6.07, 6.45) is 1.04. The van der Waals surface area contributed by atoms with E-state index in [-0.39, 0.29) is 37.4 Å². The highest BCUT2D eigenvalue weighted by atomic mass is 16.6. The van der Waals surface area contributed by atoms with Crippen LogP contribution in [0.5, 0.6) is 11.5 Å². The Labute approximate surface area is 210 Å². The fraction of sp³-hybridized carbons (Fsp3) is 0.407. The van der Waals surface area contributed by atoms with Gasteiger partial charge in [0.2, 0.25) is 0 Å². The lowest BCUT2D eigenvalue weighted by atomic mass is 10.1. The van der Waals surface area contributed by atoms with Crippen LogP contribution in [0.25, 0.3) is 0 Å². The molecule has 0 spiro atoms. The van der Waals surface area contributed by atoms with Gasteiger partial charge in [0.1, 0.15) is 18.8 Å². The van der Waals surface area contributed by atoms with Crippen LogP contribution < -0.4 is 15.2 Å². The number of carbonyl (C=O) groups excluding carboxylic acids is 4. The van der Waals surface area contributed by atoms with E-state index in [1.165, 1.54) is 12.1 Å². The first-order valence-corrected chi connectivity index (χ1v) is 12.0. The molecular weight excluding hydrogens is 466 g/mol. The van der Waals surface area contributed by atoms with Gasteiger partial charge in [0, 0.05) is 12.8 Å². The fourth-order valence-corrected chi connectivity index (χ4v) is 3.10. The average Bonchev–Trinajstić information content (AvgIpc) is 2.84. The minimum atomic E-state index is -1.02. The van der Waals surface area contributed by atoms with E-state index in [4.69, 9.17) is 24.7 Å². The van der Waals surface area contributed by atoms with E-state index in [9.17, 15) is 19.2 Å². The van der Waals surface area contributed by atoms with Crippen molar-refractivity contribution >= 4 is 23.9 Å². The Balaban J connectivity index is 1.97. The third-order valence-corrected chi connectivity index (χ3v) is 4.90. The van der Waals surface area contributed by atoms with Gasteiger partial charge < -0.3 is 24.7 Å². The number of rotatable bonds is 13. The zero-order valence-corrected chi connectivity index (χ0v) is 20.9. The molecule has 2 aromatic rings. The van der Waals surface area contributed by atoms with E-state index in [2.05, 4.69) is 0 Å². The quantitative estimate of drug-likeness (QED) is 0.323. The molecular formula is C27H33NO8. The summed E-state index contributed by atoms with van der Waals surface area (Å²) in [4.78, 5) is 48.5. The summed E-state index contributed by atoms with van der Waals surface area (Å²) in [5.41, 5.74) is 6.99. The van der Waals surface area contributed by atoms with Crippen molar-refractivity contribution < 1.29 is 38.1 Å². The first kappa shape index (κ1) is 28.5. The number of esters is 4. The summed E-state index contributed by atoms with van der Waals surface area (Å²) in [6.45, 7) is 5.14. The summed E-state index contributed by atoms with van der Waals surface area (Å²) < 4.78 is 21.2. The number of hydrogen-bond acceptors (Lipinski definition) is 9. The van der Waals surface area contributed by atoms with Crippen molar-refractivity contribution in [2.75, 3.05) is 6.61 Å². The maximum absolute atomic E-state index is 12.4. The lowest BCUT2D eigenvalue weighted by Gasteiger charge is -2.17. The highest BCUT2D eigenvalue weighted by molar-refractivity contribution is 5.89. The standard InChI is InChI=1S/C27H33NO8/c1-4-9-24(29)35-22-14-13-19(16-23(22)36-25(30)10-5-2)15-21(28)27(32)33-17-18(3)34-26(31)20-11-7-6-8-12-20/h6-8,11-14,16,18,21H,4-5,9-10,15,17,28H2,1-3H3/t18-,21-/m0/s1. The number of nitrogens with two attached hydrogens (primary N) is 1. The Morgan fingerprint density at radius 1 is 0.861 bits per heavy atom. The van der Waals surface area contributed by atoms with Gasteiger partial charge in [0.05, 0.1) is 5.56 Å². The van der Waals surface area contributed by atoms with Gasteiger partial charge in [-0.05, 0) is 56.0 Å². The summed E-state index contributed by atoms with van der Waals surface area (Å²) in [7, 11) is 0. The molecule has 0 aliphatic heterocycles. The molecule has 9 heteroatoms. The van der Waals surface area contributed by atoms with Crippen LogP contribution in [0.1, 0.15) is 62.4 Å². The van der Waals surface area contributed by atoms with Gasteiger partial charge in [-0.25, -0.2) is 4.79 Å². The number of ether oxygens (including phenoxy) is 4. The minimum absolute atomic E-state index is 0.0809. The van der Waals surface area contributed by atoms with Crippen LogP contribution in [-0.4, -0.2) is 42.6 Å². The first-order valence-electron chi connectivity index (χ1n) is 12.0. The summed E-state index contributed by atoms with van der Waals surface area (Å²) in [6, 6.07) is 12.1. The van der Waals surface area contributed by atoms with Crippen molar-refractivity contribution in [2.45, 2.75) is 65.0 Å². The molecule has 0 amide bonds. The molecule has 194 valence electrons. The van der Waals surface area contributed by atoms with Gasteiger partial charge in [0.25, 0.3) is 0 Å². The Kier molecular flexibility index (Phi) is 11.6. The lowest BCUT2D eigenvalue weighted by Crippen LogP contribution is -2.36. The molecule has 0 radical (unpaired) electrons. The summed E-state index contributed by atoms with van der Waals surface area (Å²) >= 11 is 0. The van der Waals surface area contributed by atoms with E-state index < -0.39 is 36.0 Å². The second-order valence-corrected chi connectivity index (χ2v) is 8.25. The molecule has 2 atom stereocenters. The second kappa shape index (κ2) is 14.6. The maximum atomic E-state index is 12.4. The highest BCUT2D eigenvalue weighted by Gasteiger charge is 2.21. The van der Waals surface area contributed by atoms with Crippen LogP contribution in [-0.2, 0) is 30.3 Å². The average molecular weight is 500 g/mol. The minimum Gasteiger partial charge on any atom is -0.461 e. The predicted molar refractivity (Wildman–Crippen MR) is 131 cm³/mol. The van der Waals surface area contributed by atoms with E-state index in [1.807, 2.05) is 13.8 Å². The summed E-state index contributed by atoms with van der Waals surface area (Å²) in [5.74, 6) is -1.91. The van der Waals surface area contributed by atoms with Gasteiger partial charge in [-0.3, -0.25) is 14.4 Å². The molecule has 0 fully saturated rings. The van der Waals surface area contributed by atoms with E-state index in [0.717, 1.165) is 0 Å². The molecule has 0 saturated heterocycles. The Morgan fingerprint density at radius 2 is 1.47 bits per heavy atom. The van der Waals surface area contributed by atoms with Crippen molar-refractivity contribution in [3.8, 4) is 11.5 Å². The van der Waals surface area contributed by atoms with Gasteiger partial charge in [-0.1, -0.05) is 38.1 Å². The molecule has 2 rings (SSSR count). The van der Waals surface area contributed by atoms with Crippen LogP contribution in [0.4, 0.5) is 0 Å². The summed E-state index contributed by atoms with van der Waals surface area (Å²) in [5, 5.41) is 0. The molecule has 36 heavy (non-hydrogen) atoms. The normalized spacial score (nSPS) is 12.2. The maximum Gasteiger partial charge on any atom is 0.338 e. The monoisotopic (exact) mass is 499 g/mol. The van der Waals surface area contributed by atoms with Crippen LogP contribution >= 0.6 is 0 Å². The van der Waals surface area contributed by atoms with E-state index in [1.54, 1.807) is 43.3 Å². The molecule has 0 unspecified atom stereocenters. The number of hydrogen-bond donors (Lipinski definition) is 1. The van der Waals surface area contributed by atoms with Gasteiger partial charge >= 0.3 is 23.9 Å². The number of carbonyl (C=O) groups is 4. The Hall–Kier alpha value is -3.72. The third-order valence-electron chi connectivity index (χ3n) is 4.90. The van der Waals surface area contributed by atoms with Crippen molar-refractivity contribution in [1.82, 2.24) is 0 Å². The molecule has 0 aliphatic rings. The molecule has 9 nitrogen and oxygen atoms in total. The largest absolute Gasteiger partial charge is 0.461 e. The highest BCUT2D eigenvalue weighted by Crippen LogP contribution is 2.30. The second-order valence-electron chi connectivity index (χ2n) is 8.25. The van der Waals surface area contributed by atoms with Crippen LogP contribution in [0.2, 0.25) is 0 Å². The SMILES string of the molecule is CCCC(=O)Oc1ccc(C[C@H](N)C(=O)OC[C@H](C)OC(=O)c2ccccc2)cc1OC(=O)CCC. The molecule has 0 bridgehead atoms. The molecule has 0 aliphatic carbocycles. The van der Waals surface area contributed by atoms with E-state index >= 15 is 0 Å². The van der Waals surface area contributed by atoms with E-state index in [0.29, 0.717) is 24.0 Å². The zero-order valence-electron chi connectivity index (χ0n) is 20.9. The predicted octanol–water partition coefficient (Wildman–Crippen LogP) is 3.76. The number of benzene rings is 2. The van der Waals surface area contributed by atoms with Gasteiger partial charge in [-0.15, -0.1) is 0 Å².